The highest BCUT2D eigenvalue weighted by Crippen LogP contribution is 2.20. The number of nitriles is 1. The lowest BCUT2D eigenvalue weighted by Gasteiger charge is -2.08. The van der Waals surface area contributed by atoms with E-state index in [1.165, 1.54) is 0 Å². The summed E-state index contributed by atoms with van der Waals surface area (Å²) in [5.41, 5.74) is 2.33. The first kappa shape index (κ1) is 15.2. The van der Waals surface area contributed by atoms with Crippen molar-refractivity contribution in [1.29, 1.82) is 5.26 Å². The Hall–Kier alpha value is -3.66. The van der Waals surface area contributed by atoms with Crippen LogP contribution in [0.15, 0.2) is 53.1 Å². The molecule has 0 spiro atoms. The fraction of sp³-hybridized carbons (Fsp3) is 0.0588. The molecule has 0 saturated heterocycles. The number of nitrogens with one attached hydrogen (secondary N) is 2. The predicted octanol–water partition coefficient (Wildman–Crippen LogP) is 3.56. The van der Waals surface area contributed by atoms with E-state index in [0.29, 0.717) is 28.7 Å². The first-order valence-corrected chi connectivity index (χ1v) is 7.13. The standard InChI is InChI=1S/C17H13N5O2/c1-11-19-16(22-24-11)13-5-3-7-15(9-13)21-17(23)20-14-6-2-4-12(8-14)10-18/h2-9H,1H3,(H2,20,21,23). The Balaban J connectivity index is 1.71. The zero-order valence-electron chi connectivity index (χ0n) is 12.8. The number of urea groups is 1. The zero-order chi connectivity index (χ0) is 16.9. The molecule has 1 aromatic heterocycles. The minimum Gasteiger partial charge on any atom is -0.339 e. The Kier molecular flexibility index (Phi) is 4.21. The molecule has 24 heavy (non-hydrogen) atoms. The quantitative estimate of drug-likeness (QED) is 0.768. The van der Waals surface area contributed by atoms with Crippen molar-refractivity contribution in [3.63, 3.8) is 0 Å². The van der Waals surface area contributed by atoms with Gasteiger partial charge in [-0.3, -0.25) is 0 Å². The van der Waals surface area contributed by atoms with Crippen LogP contribution in [-0.2, 0) is 0 Å². The van der Waals surface area contributed by atoms with E-state index in [2.05, 4.69) is 20.8 Å². The Morgan fingerprint density at radius 2 is 1.83 bits per heavy atom. The summed E-state index contributed by atoms with van der Waals surface area (Å²) in [4.78, 5) is 16.2. The molecule has 0 radical (unpaired) electrons. The van der Waals surface area contributed by atoms with Crippen molar-refractivity contribution >= 4 is 17.4 Å². The average molecular weight is 319 g/mol. The van der Waals surface area contributed by atoms with Gasteiger partial charge in [-0.15, -0.1) is 0 Å². The van der Waals surface area contributed by atoms with Crippen LogP contribution >= 0.6 is 0 Å². The van der Waals surface area contributed by atoms with Gasteiger partial charge in [0.2, 0.25) is 11.7 Å². The zero-order valence-corrected chi connectivity index (χ0v) is 12.8. The SMILES string of the molecule is Cc1nc(-c2cccc(NC(=O)Nc3cccc(C#N)c3)c2)no1. The largest absolute Gasteiger partial charge is 0.339 e. The molecule has 2 amide bonds. The summed E-state index contributed by atoms with van der Waals surface area (Å²) < 4.78 is 4.95. The van der Waals surface area contributed by atoms with Gasteiger partial charge >= 0.3 is 6.03 Å². The molecule has 0 unspecified atom stereocenters. The molecule has 0 aliphatic heterocycles. The number of hydrogen-bond acceptors (Lipinski definition) is 5. The molecule has 0 aliphatic carbocycles. The second kappa shape index (κ2) is 6.62. The fourth-order valence-electron chi connectivity index (χ4n) is 2.11. The lowest BCUT2D eigenvalue weighted by molar-refractivity contribution is 0.262. The topological polar surface area (TPSA) is 104 Å². The third-order valence-corrected chi connectivity index (χ3v) is 3.16. The fourth-order valence-corrected chi connectivity index (χ4v) is 2.11. The van der Waals surface area contributed by atoms with Crippen molar-refractivity contribution in [2.45, 2.75) is 6.92 Å². The number of amides is 2. The Morgan fingerprint density at radius 1 is 1.12 bits per heavy atom. The van der Waals surface area contributed by atoms with Crippen LogP contribution in [-0.4, -0.2) is 16.2 Å². The van der Waals surface area contributed by atoms with E-state index in [9.17, 15) is 4.79 Å². The minimum atomic E-state index is -0.411. The second-order valence-electron chi connectivity index (χ2n) is 4.99. The maximum absolute atomic E-state index is 12.1. The summed E-state index contributed by atoms with van der Waals surface area (Å²) >= 11 is 0. The third kappa shape index (κ3) is 3.56. The van der Waals surface area contributed by atoms with Crippen molar-refractivity contribution in [3.05, 3.63) is 60.0 Å². The van der Waals surface area contributed by atoms with Gasteiger partial charge in [-0.25, -0.2) is 4.79 Å². The van der Waals surface area contributed by atoms with Gasteiger partial charge in [-0.05, 0) is 30.3 Å². The summed E-state index contributed by atoms with van der Waals surface area (Å²) in [6, 6.07) is 15.4. The summed E-state index contributed by atoms with van der Waals surface area (Å²) in [5.74, 6) is 0.928. The van der Waals surface area contributed by atoms with Crippen LogP contribution in [0.5, 0.6) is 0 Å². The third-order valence-electron chi connectivity index (χ3n) is 3.16. The van der Waals surface area contributed by atoms with Gasteiger partial charge in [-0.2, -0.15) is 10.2 Å². The molecule has 118 valence electrons. The molecule has 7 nitrogen and oxygen atoms in total. The van der Waals surface area contributed by atoms with Crippen molar-refractivity contribution in [3.8, 4) is 17.5 Å². The highest BCUT2D eigenvalue weighted by Gasteiger charge is 2.08. The maximum atomic E-state index is 12.1. The van der Waals surface area contributed by atoms with Crippen molar-refractivity contribution in [1.82, 2.24) is 10.1 Å². The Morgan fingerprint density at radius 3 is 2.50 bits per heavy atom. The molecule has 0 atom stereocenters. The van der Waals surface area contributed by atoms with Crippen LogP contribution in [0.2, 0.25) is 0 Å². The molecule has 7 heteroatoms. The Labute approximate surface area is 137 Å². The van der Waals surface area contributed by atoms with Gasteiger partial charge in [-0.1, -0.05) is 23.4 Å². The highest BCUT2D eigenvalue weighted by molar-refractivity contribution is 6.00. The average Bonchev–Trinajstić information content (AvgIpc) is 3.02. The molecule has 0 fully saturated rings. The van der Waals surface area contributed by atoms with E-state index in [1.54, 1.807) is 49.4 Å². The molecule has 3 rings (SSSR count). The smallest absolute Gasteiger partial charge is 0.323 e. The van der Waals surface area contributed by atoms with Crippen molar-refractivity contribution in [2.24, 2.45) is 0 Å². The molecule has 3 aromatic rings. The van der Waals surface area contributed by atoms with Crippen molar-refractivity contribution < 1.29 is 9.32 Å². The normalized spacial score (nSPS) is 10.0. The van der Waals surface area contributed by atoms with Crippen LogP contribution < -0.4 is 10.6 Å². The second-order valence-corrected chi connectivity index (χ2v) is 4.99. The molecule has 1 heterocycles. The van der Waals surface area contributed by atoms with E-state index in [-0.39, 0.29) is 0 Å². The van der Waals surface area contributed by atoms with E-state index >= 15 is 0 Å². The highest BCUT2D eigenvalue weighted by atomic mass is 16.5. The van der Waals surface area contributed by atoms with Gasteiger partial charge in [0, 0.05) is 23.9 Å². The number of aromatic nitrogens is 2. The van der Waals surface area contributed by atoms with E-state index < -0.39 is 6.03 Å². The van der Waals surface area contributed by atoms with Crippen LogP contribution in [0.1, 0.15) is 11.5 Å². The lowest BCUT2D eigenvalue weighted by atomic mass is 10.2. The number of rotatable bonds is 3. The van der Waals surface area contributed by atoms with Gasteiger partial charge in [0.25, 0.3) is 0 Å². The molecule has 0 saturated carbocycles. The maximum Gasteiger partial charge on any atom is 0.323 e. The van der Waals surface area contributed by atoms with Crippen LogP contribution in [0.3, 0.4) is 0 Å². The molecular formula is C17H13N5O2. The van der Waals surface area contributed by atoms with Crippen LogP contribution in [0.25, 0.3) is 11.4 Å². The summed E-state index contributed by atoms with van der Waals surface area (Å²) in [6.07, 6.45) is 0. The van der Waals surface area contributed by atoms with Gasteiger partial charge in [0.1, 0.15) is 0 Å². The lowest BCUT2D eigenvalue weighted by Crippen LogP contribution is -2.19. The number of anilines is 2. The van der Waals surface area contributed by atoms with Crippen LogP contribution in [0.4, 0.5) is 16.2 Å². The van der Waals surface area contributed by atoms with Gasteiger partial charge in [0.05, 0.1) is 11.6 Å². The van der Waals surface area contributed by atoms with E-state index in [1.807, 2.05) is 12.1 Å². The number of nitrogens with zero attached hydrogens (tertiary/aromatic N) is 3. The van der Waals surface area contributed by atoms with Gasteiger partial charge in [0.15, 0.2) is 0 Å². The summed E-state index contributed by atoms with van der Waals surface area (Å²) in [5, 5.41) is 18.1. The van der Waals surface area contributed by atoms with Gasteiger partial charge < -0.3 is 15.2 Å². The monoisotopic (exact) mass is 319 g/mol. The van der Waals surface area contributed by atoms with Crippen LogP contribution in [0, 0.1) is 18.3 Å². The van der Waals surface area contributed by atoms with E-state index in [4.69, 9.17) is 9.78 Å². The number of carbonyl (C=O) groups excluding carboxylic acids is 1. The number of hydrogen-bond donors (Lipinski definition) is 2. The van der Waals surface area contributed by atoms with E-state index in [0.717, 1.165) is 5.56 Å². The summed E-state index contributed by atoms with van der Waals surface area (Å²) in [7, 11) is 0. The number of carbonyl (C=O) groups is 1. The molecule has 0 aliphatic rings. The molecular weight excluding hydrogens is 306 g/mol. The molecule has 2 N–H and O–H groups in total. The number of benzene rings is 2. The first-order valence-electron chi connectivity index (χ1n) is 7.13. The number of aryl methyl sites for hydroxylation is 1. The minimum absolute atomic E-state index is 0.411. The first-order chi connectivity index (χ1) is 11.6. The Bertz CT molecular complexity index is 926. The molecule has 0 bridgehead atoms. The summed E-state index contributed by atoms with van der Waals surface area (Å²) in [6.45, 7) is 1.71. The van der Waals surface area contributed by atoms with Crippen molar-refractivity contribution in [2.75, 3.05) is 10.6 Å². The predicted molar refractivity (Wildman–Crippen MR) is 88.3 cm³/mol. The molecule has 2 aromatic carbocycles.